The molecule has 0 radical (unpaired) electrons. The van der Waals surface area contributed by atoms with E-state index in [9.17, 15) is 4.21 Å². The number of nitrogens with one attached hydrogen (secondary N) is 1. The van der Waals surface area contributed by atoms with Crippen molar-refractivity contribution in [3.63, 3.8) is 0 Å². The molecule has 0 aliphatic carbocycles. The first kappa shape index (κ1) is 14.7. The summed E-state index contributed by atoms with van der Waals surface area (Å²) in [5, 5.41) is 5.11. The average Bonchev–Trinajstić information content (AvgIpc) is 2.82. The van der Waals surface area contributed by atoms with E-state index in [1.165, 1.54) is 15.0 Å². The van der Waals surface area contributed by atoms with Crippen LogP contribution in [0.4, 0.5) is 0 Å². The fourth-order valence-electron chi connectivity index (χ4n) is 1.99. The molecule has 104 valence electrons. The highest BCUT2D eigenvalue weighted by Crippen LogP contribution is 2.29. The molecule has 1 aromatic heterocycles. The Morgan fingerprint density at radius 2 is 2.05 bits per heavy atom. The van der Waals surface area contributed by atoms with Crippen molar-refractivity contribution in [2.45, 2.75) is 31.6 Å². The first-order valence-corrected chi connectivity index (χ1v) is 9.06. The van der Waals surface area contributed by atoms with Crippen molar-refractivity contribution in [2.24, 2.45) is 0 Å². The van der Waals surface area contributed by atoms with Crippen LogP contribution in [0.1, 0.15) is 31.2 Å². The zero-order chi connectivity index (χ0) is 13.8. The molecule has 1 N–H and O–H groups in total. The van der Waals surface area contributed by atoms with Gasteiger partial charge in [-0.1, -0.05) is 25.1 Å². The first-order chi connectivity index (χ1) is 9.08. The van der Waals surface area contributed by atoms with Crippen LogP contribution in [0.25, 0.3) is 10.1 Å². The minimum atomic E-state index is -0.719. The van der Waals surface area contributed by atoms with E-state index in [4.69, 9.17) is 0 Å². The lowest BCUT2D eigenvalue weighted by Crippen LogP contribution is -2.23. The minimum Gasteiger partial charge on any atom is -0.309 e. The number of fused-ring (bicyclic) bond motifs is 1. The largest absolute Gasteiger partial charge is 0.309 e. The molecule has 1 aromatic carbocycles. The van der Waals surface area contributed by atoms with E-state index >= 15 is 0 Å². The molecule has 2 aromatic rings. The van der Waals surface area contributed by atoms with Crippen molar-refractivity contribution in [1.29, 1.82) is 0 Å². The number of benzene rings is 1. The fraction of sp³-hybridized carbons (Fsp3) is 0.467. The molecule has 0 amide bonds. The molecule has 0 aliphatic heterocycles. The van der Waals surface area contributed by atoms with Gasteiger partial charge in [0, 0.05) is 37.9 Å². The summed E-state index contributed by atoms with van der Waals surface area (Å²) in [6.07, 6.45) is 2.73. The van der Waals surface area contributed by atoms with Crippen LogP contribution in [0.2, 0.25) is 0 Å². The number of hydrogen-bond donors (Lipinski definition) is 1. The van der Waals surface area contributed by atoms with E-state index in [1.54, 1.807) is 6.26 Å². The number of hydrogen-bond acceptors (Lipinski definition) is 3. The zero-order valence-electron chi connectivity index (χ0n) is 11.7. The highest BCUT2D eigenvalue weighted by atomic mass is 32.2. The number of rotatable bonds is 6. The van der Waals surface area contributed by atoms with Gasteiger partial charge in [-0.25, -0.2) is 0 Å². The van der Waals surface area contributed by atoms with Crippen LogP contribution in [-0.2, 0) is 10.8 Å². The van der Waals surface area contributed by atoms with E-state index in [0.717, 1.165) is 13.0 Å². The number of thiophene rings is 1. The molecule has 4 heteroatoms. The van der Waals surface area contributed by atoms with Gasteiger partial charge in [-0.15, -0.1) is 11.3 Å². The van der Waals surface area contributed by atoms with Crippen LogP contribution in [0, 0.1) is 0 Å². The molecule has 2 rings (SSSR count). The summed E-state index contributed by atoms with van der Waals surface area (Å²) in [7, 11) is -0.719. The molecule has 0 fully saturated rings. The quantitative estimate of drug-likeness (QED) is 0.880. The smallest absolute Gasteiger partial charge is 0.0386 e. The Morgan fingerprint density at radius 1 is 1.32 bits per heavy atom. The van der Waals surface area contributed by atoms with Gasteiger partial charge in [0.15, 0.2) is 0 Å². The maximum Gasteiger partial charge on any atom is 0.0386 e. The van der Waals surface area contributed by atoms with Gasteiger partial charge in [0.2, 0.25) is 0 Å². The summed E-state index contributed by atoms with van der Waals surface area (Å²) in [5.74, 6) is 0. The minimum absolute atomic E-state index is 0.266. The van der Waals surface area contributed by atoms with Gasteiger partial charge in [-0.3, -0.25) is 4.21 Å². The lowest BCUT2D eigenvalue weighted by molar-refractivity contribution is 0.560. The Bertz CT molecular complexity index is 531. The van der Waals surface area contributed by atoms with Gasteiger partial charge in [-0.2, -0.15) is 0 Å². The van der Waals surface area contributed by atoms with E-state index in [-0.39, 0.29) is 5.25 Å². The first-order valence-electron chi connectivity index (χ1n) is 6.62. The molecule has 0 unspecified atom stereocenters. The van der Waals surface area contributed by atoms with Crippen LogP contribution < -0.4 is 5.32 Å². The summed E-state index contributed by atoms with van der Waals surface area (Å²) in [4.78, 5) is 1.37. The monoisotopic (exact) mass is 295 g/mol. The Labute approximate surface area is 121 Å². The highest BCUT2D eigenvalue weighted by molar-refractivity contribution is 7.84. The molecule has 3 atom stereocenters. The third-order valence-corrected chi connectivity index (χ3v) is 6.11. The predicted octanol–water partition coefficient (Wildman–Crippen LogP) is 3.71. The van der Waals surface area contributed by atoms with Crippen LogP contribution in [0.15, 0.2) is 30.3 Å². The second kappa shape index (κ2) is 6.64. The van der Waals surface area contributed by atoms with E-state index in [1.807, 2.05) is 18.3 Å². The molecule has 0 aliphatic rings. The van der Waals surface area contributed by atoms with Crippen molar-refractivity contribution in [3.05, 3.63) is 35.2 Å². The molecular weight excluding hydrogens is 274 g/mol. The third-order valence-electron chi connectivity index (χ3n) is 3.44. The summed E-state index contributed by atoms with van der Waals surface area (Å²) < 4.78 is 12.6. The van der Waals surface area contributed by atoms with Crippen molar-refractivity contribution in [2.75, 3.05) is 12.8 Å². The SMILES string of the molecule is C[C@H](NCC[C@@H](C)[S@](C)=O)c1cc2ccccc2s1. The normalized spacial score (nSPS) is 16.4. The van der Waals surface area contributed by atoms with Crippen LogP contribution in [-0.4, -0.2) is 22.3 Å². The van der Waals surface area contributed by atoms with Crippen LogP contribution in [0.5, 0.6) is 0 Å². The standard InChI is InChI=1S/C15H21NOS2/c1-11(19(3)17)8-9-16-12(2)15-10-13-6-4-5-7-14(13)18-15/h4-7,10-12,16H,8-9H2,1-3H3/t11-,12+,19+/m1/s1. The van der Waals surface area contributed by atoms with E-state index in [2.05, 4.69) is 42.6 Å². The van der Waals surface area contributed by atoms with E-state index in [0.29, 0.717) is 6.04 Å². The van der Waals surface area contributed by atoms with Gasteiger partial charge in [-0.05, 0) is 37.4 Å². The third kappa shape index (κ3) is 3.88. The van der Waals surface area contributed by atoms with Gasteiger partial charge >= 0.3 is 0 Å². The Hall–Kier alpha value is -0.710. The summed E-state index contributed by atoms with van der Waals surface area (Å²) in [6, 6.07) is 11.1. The fourth-order valence-corrected chi connectivity index (χ4v) is 3.53. The van der Waals surface area contributed by atoms with Gasteiger partial charge < -0.3 is 5.32 Å². The summed E-state index contributed by atoms with van der Waals surface area (Å²) in [6.45, 7) is 5.15. The van der Waals surface area contributed by atoms with Crippen molar-refractivity contribution in [1.82, 2.24) is 5.32 Å². The zero-order valence-corrected chi connectivity index (χ0v) is 13.3. The second-order valence-electron chi connectivity index (χ2n) is 4.96. The molecule has 2 nitrogen and oxygen atoms in total. The van der Waals surface area contributed by atoms with Crippen molar-refractivity contribution in [3.8, 4) is 0 Å². The summed E-state index contributed by atoms with van der Waals surface area (Å²) in [5.41, 5.74) is 0. The molecule has 1 heterocycles. The maximum absolute atomic E-state index is 11.3. The van der Waals surface area contributed by atoms with Crippen molar-refractivity contribution < 1.29 is 4.21 Å². The average molecular weight is 295 g/mol. The lowest BCUT2D eigenvalue weighted by Gasteiger charge is -2.14. The molecule has 0 spiro atoms. The second-order valence-corrected chi connectivity index (χ2v) is 7.88. The molecule has 0 bridgehead atoms. The topological polar surface area (TPSA) is 29.1 Å². The van der Waals surface area contributed by atoms with Crippen LogP contribution >= 0.6 is 11.3 Å². The van der Waals surface area contributed by atoms with Gasteiger partial charge in [0.1, 0.15) is 0 Å². The Balaban J connectivity index is 1.92. The van der Waals surface area contributed by atoms with E-state index < -0.39 is 10.8 Å². The maximum atomic E-state index is 11.3. The highest BCUT2D eigenvalue weighted by Gasteiger charge is 2.10. The lowest BCUT2D eigenvalue weighted by atomic mass is 10.2. The van der Waals surface area contributed by atoms with Crippen molar-refractivity contribution >= 4 is 32.2 Å². The predicted molar refractivity (Wildman–Crippen MR) is 86.4 cm³/mol. The van der Waals surface area contributed by atoms with Crippen LogP contribution in [0.3, 0.4) is 0 Å². The van der Waals surface area contributed by atoms with Gasteiger partial charge in [0.05, 0.1) is 0 Å². The van der Waals surface area contributed by atoms with Gasteiger partial charge in [0.25, 0.3) is 0 Å². The Kier molecular flexibility index (Phi) is 5.13. The molecule has 0 saturated heterocycles. The Morgan fingerprint density at radius 3 is 2.74 bits per heavy atom. The molecule has 19 heavy (non-hydrogen) atoms. The molecular formula is C15H21NOS2. The summed E-state index contributed by atoms with van der Waals surface area (Å²) >= 11 is 1.85. The molecule has 0 saturated carbocycles.